The predicted molar refractivity (Wildman–Crippen MR) is 71.0 cm³/mol. The molecule has 0 radical (unpaired) electrons. The second kappa shape index (κ2) is 5.78. The summed E-state index contributed by atoms with van der Waals surface area (Å²) >= 11 is 1.58. The molecule has 0 saturated carbocycles. The molecule has 1 aromatic carbocycles. The molecule has 1 heterocycles. The Bertz CT molecular complexity index is 507. The third-order valence-corrected chi connectivity index (χ3v) is 3.42. The van der Waals surface area contributed by atoms with E-state index in [-0.39, 0.29) is 17.8 Å². The summed E-state index contributed by atoms with van der Waals surface area (Å²) in [5, 5.41) is 6.81. The van der Waals surface area contributed by atoms with Crippen molar-refractivity contribution in [1.29, 1.82) is 0 Å². The van der Waals surface area contributed by atoms with Crippen LogP contribution in [-0.4, -0.2) is 5.91 Å². The average molecular weight is 263 g/mol. The van der Waals surface area contributed by atoms with Gasteiger partial charge in [-0.05, 0) is 47.0 Å². The lowest BCUT2D eigenvalue weighted by atomic mass is 10.1. The highest BCUT2D eigenvalue weighted by atomic mass is 32.1. The van der Waals surface area contributed by atoms with E-state index in [4.69, 9.17) is 0 Å². The number of thiophene rings is 1. The van der Waals surface area contributed by atoms with Gasteiger partial charge in [-0.25, -0.2) is 4.39 Å². The van der Waals surface area contributed by atoms with Crippen molar-refractivity contribution in [3.63, 3.8) is 0 Å². The number of nitrogens with one attached hydrogen (secondary N) is 1. The van der Waals surface area contributed by atoms with Crippen LogP contribution in [0.15, 0.2) is 41.1 Å². The summed E-state index contributed by atoms with van der Waals surface area (Å²) in [7, 11) is 0. The van der Waals surface area contributed by atoms with Gasteiger partial charge in [0.05, 0.1) is 12.5 Å². The first-order chi connectivity index (χ1) is 8.65. The maximum atomic E-state index is 12.8. The first-order valence-corrected chi connectivity index (χ1v) is 6.65. The Morgan fingerprint density at radius 3 is 2.67 bits per heavy atom. The van der Waals surface area contributed by atoms with E-state index in [9.17, 15) is 9.18 Å². The highest BCUT2D eigenvalue weighted by molar-refractivity contribution is 7.07. The zero-order valence-corrected chi connectivity index (χ0v) is 10.8. The van der Waals surface area contributed by atoms with E-state index in [1.807, 2.05) is 23.8 Å². The van der Waals surface area contributed by atoms with Gasteiger partial charge >= 0.3 is 0 Å². The number of carbonyl (C=O) groups is 1. The minimum Gasteiger partial charge on any atom is -0.349 e. The summed E-state index contributed by atoms with van der Waals surface area (Å²) in [6, 6.07) is 7.99. The summed E-state index contributed by atoms with van der Waals surface area (Å²) in [6.07, 6.45) is 0.384. The lowest BCUT2D eigenvalue weighted by Crippen LogP contribution is -2.27. The van der Waals surface area contributed by atoms with Gasteiger partial charge in [0.2, 0.25) is 5.91 Å². The van der Waals surface area contributed by atoms with Crippen LogP contribution in [0.1, 0.15) is 24.1 Å². The number of carbonyl (C=O) groups excluding carboxylic acids is 1. The Hall–Kier alpha value is -1.68. The van der Waals surface area contributed by atoms with E-state index in [1.165, 1.54) is 12.1 Å². The maximum absolute atomic E-state index is 12.8. The van der Waals surface area contributed by atoms with Crippen molar-refractivity contribution in [2.24, 2.45) is 0 Å². The van der Waals surface area contributed by atoms with Gasteiger partial charge in [-0.15, -0.1) is 0 Å². The average Bonchev–Trinajstić information content (AvgIpc) is 2.82. The van der Waals surface area contributed by atoms with Crippen molar-refractivity contribution in [1.82, 2.24) is 5.32 Å². The first-order valence-electron chi connectivity index (χ1n) is 5.71. The fourth-order valence-corrected chi connectivity index (χ4v) is 2.37. The molecule has 1 N–H and O–H groups in total. The third-order valence-electron chi connectivity index (χ3n) is 2.69. The molecule has 94 valence electrons. The van der Waals surface area contributed by atoms with Crippen molar-refractivity contribution in [2.75, 3.05) is 0 Å². The zero-order valence-electron chi connectivity index (χ0n) is 10.0. The molecule has 1 amide bonds. The van der Waals surface area contributed by atoms with E-state index in [0.29, 0.717) is 6.42 Å². The van der Waals surface area contributed by atoms with Crippen LogP contribution in [-0.2, 0) is 11.2 Å². The van der Waals surface area contributed by atoms with Gasteiger partial charge in [-0.2, -0.15) is 11.3 Å². The van der Waals surface area contributed by atoms with Crippen molar-refractivity contribution in [3.8, 4) is 0 Å². The van der Waals surface area contributed by atoms with Crippen LogP contribution in [0.2, 0.25) is 0 Å². The molecule has 0 aliphatic heterocycles. The van der Waals surface area contributed by atoms with Gasteiger partial charge < -0.3 is 5.32 Å². The zero-order chi connectivity index (χ0) is 13.0. The van der Waals surface area contributed by atoms with E-state index >= 15 is 0 Å². The SMILES string of the molecule is C[C@H](NC(=O)Cc1ccsc1)c1ccc(F)cc1. The minimum absolute atomic E-state index is 0.0229. The normalized spacial score (nSPS) is 12.1. The van der Waals surface area contributed by atoms with E-state index in [0.717, 1.165) is 11.1 Å². The predicted octanol–water partition coefficient (Wildman–Crippen LogP) is 3.31. The molecular formula is C14H14FNOS. The highest BCUT2D eigenvalue weighted by Crippen LogP contribution is 2.13. The van der Waals surface area contributed by atoms with Crippen LogP contribution in [0, 0.1) is 5.82 Å². The Balaban J connectivity index is 1.92. The molecule has 0 spiro atoms. The van der Waals surface area contributed by atoms with Crippen LogP contribution < -0.4 is 5.32 Å². The number of hydrogen-bond acceptors (Lipinski definition) is 2. The molecule has 0 aliphatic carbocycles. The van der Waals surface area contributed by atoms with Gasteiger partial charge in [-0.3, -0.25) is 4.79 Å². The van der Waals surface area contributed by atoms with Gasteiger partial charge in [0.15, 0.2) is 0 Å². The number of halogens is 1. The van der Waals surface area contributed by atoms with Crippen LogP contribution >= 0.6 is 11.3 Å². The quantitative estimate of drug-likeness (QED) is 0.901. The minimum atomic E-state index is -0.268. The summed E-state index contributed by atoms with van der Waals surface area (Å²) in [5.41, 5.74) is 1.92. The lowest BCUT2D eigenvalue weighted by Gasteiger charge is -2.14. The molecule has 4 heteroatoms. The summed E-state index contributed by atoms with van der Waals surface area (Å²) in [6.45, 7) is 1.89. The van der Waals surface area contributed by atoms with Crippen LogP contribution in [0.25, 0.3) is 0 Å². The third kappa shape index (κ3) is 3.40. The second-order valence-corrected chi connectivity index (χ2v) is 4.93. The summed E-state index contributed by atoms with van der Waals surface area (Å²) in [5.74, 6) is -0.291. The lowest BCUT2D eigenvalue weighted by molar-refractivity contribution is -0.121. The molecule has 2 rings (SSSR count). The number of amides is 1. The van der Waals surface area contributed by atoms with Crippen LogP contribution in [0.5, 0.6) is 0 Å². The Morgan fingerprint density at radius 1 is 1.33 bits per heavy atom. The van der Waals surface area contributed by atoms with Gasteiger partial charge in [0.25, 0.3) is 0 Å². The second-order valence-electron chi connectivity index (χ2n) is 4.15. The van der Waals surface area contributed by atoms with E-state index in [2.05, 4.69) is 5.32 Å². The number of benzene rings is 1. The topological polar surface area (TPSA) is 29.1 Å². The first kappa shape index (κ1) is 12.8. The van der Waals surface area contributed by atoms with Crippen molar-refractivity contribution in [2.45, 2.75) is 19.4 Å². The molecule has 0 unspecified atom stereocenters. The molecule has 0 bridgehead atoms. The molecule has 0 fully saturated rings. The van der Waals surface area contributed by atoms with Crippen molar-refractivity contribution < 1.29 is 9.18 Å². The fourth-order valence-electron chi connectivity index (χ4n) is 1.71. The number of hydrogen-bond donors (Lipinski definition) is 1. The smallest absolute Gasteiger partial charge is 0.224 e. The van der Waals surface area contributed by atoms with Gasteiger partial charge in [0, 0.05) is 0 Å². The summed E-state index contributed by atoms with van der Waals surface area (Å²) in [4.78, 5) is 11.8. The molecule has 2 aromatic rings. The Kier molecular flexibility index (Phi) is 4.10. The molecule has 1 atom stereocenters. The molecular weight excluding hydrogens is 249 g/mol. The molecule has 0 aliphatic rings. The maximum Gasteiger partial charge on any atom is 0.224 e. The molecule has 2 nitrogen and oxygen atoms in total. The standard InChI is InChI=1S/C14H14FNOS/c1-10(12-2-4-13(15)5-3-12)16-14(17)8-11-6-7-18-9-11/h2-7,9-10H,8H2,1H3,(H,16,17)/t10-/m0/s1. The monoisotopic (exact) mass is 263 g/mol. The van der Waals surface area contributed by atoms with Crippen LogP contribution in [0.4, 0.5) is 4.39 Å². The highest BCUT2D eigenvalue weighted by Gasteiger charge is 2.10. The van der Waals surface area contributed by atoms with Gasteiger partial charge in [0.1, 0.15) is 5.82 Å². The summed E-state index contributed by atoms with van der Waals surface area (Å²) < 4.78 is 12.8. The fraction of sp³-hybridized carbons (Fsp3) is 0.214. The molecule has 0 saturated heterocycles. The Labute approximate surface area is 109 Å². The van der Waals surface area contributed by atoms with E-state index < -0.39 is 0 Å². The Morgan fingerprint density at radius 2 is 2.06 bits per heavy atom. The molecule has 1 aromatic heterocycles. The van der Waals surface area contributed by atoms with Crippen molar-refractivity contribution in [3.05, 3.63) is 58.0 Å². The molecule has 18 heavy (non-hydrogen) atoms. The largest absolute Gasteiger partial charge is 0.349 e. The number of rotatable bonds is 4. The van der Waals surface area contributed by atoms with E-state index in [1.54, 1.807) is 23.5 Å². The van der Waals surface area contributed by atoms with Crippen molar-refractivity contribution >= 4 is 17.2 Å². The van der Waals surface area contributed by atoms with Crippen LogP contribution in [0.3, 0.4) is 0 Å². The van der Waals surface area contributed by atoms with Gasteiger partial charge in [-0.1, -0.05) is 12.1 Å².